The second-order valence-electron chi connectivity index (χ2n) is 4.67. The van der Waals surface area contributed by atoms with Gasteiger partial charge in [-0.2, -0.15) is 0 Å². The van der Waals surface area contributed by atoms with Crippen molar-refractivity contribution in [3.63, 3.8) is 0 Å². The summed E-state index contributed by atoms with van der Waals surface area (Å²) < 4.78 is 0. The Hall–Kier alpha value is -0.460. The van der Waals surface area contributed by atoms with Gasteiger partial charge in [0.15, 0.2) is 0 Å². The highest BCUT2D eigenvalue weighted by atomic mass is 14.9. The normalized spacial score (nSPS) is 15.1. The molecular weight excluding hydrogens is 182 g/mol. The van der Waals surface area contributed by atoms with E-state index >= 15 is 0 Å². The minimum atomic E-state index is 1.17. The molecule has 0 bridgehead atoms. The molecule has 0 unspecified atom stereocenters. The maximum Gasteiger partial charge on any atom is 0.0179 e. The van der Waals surface area contributed by atoms with Crippen LogP contribution in [0.15, 0.2) is 11.8 Å². The van der Waals surface area contributed by atoms with Crippen LogP contribution in [0.2, 0.25) is 0 Å². The van der Waals surface area contributed by atoms with Gasteiger partial charge in [0.2, 0.25) is 0 Å². The Morgan fingerprint density at radius 1 is 1.00 bits per heavy atom. The topological polar surface area (TPSA) is 12.0 Å². The number of nitrogens with one attached hydrogen (secondary N) is 1. The molecule has 0 aromatic carbocycles. The van der Waals surface area contributed by atoms with Gasteiger partial charge in [-0.25, -0.2) is 0 Å². The van der Waals surface area contributed by atoms with Gasteiger partial charge in [-0.1, -0.05) is 57.9 Å². The van der Waals surface area contributed by atoms with E-state index in [0.29, 0.717) is 0 Å². The van der Waals surface area contributed by atoms with Crippen LogP contribution in [-0.2, 0) is 0 Å². The SMILES string of the molecule is CCCCCCCCCCC1=CCCN1. The summed E-state index contributed by atoms with van der Waals surface area (Å²) in [5, 5.41) is 3.44. The van der Waals surface area contributed by atoms with Gasteiger partial charge in [-0.05, 0) is 19.3 Å². The summed E-state index contributed by atoms with van der Waals surface area (Å²) in [4.78, 5) is 0. The van der Waals surface area contributed by atoms with Crippen molar-refractivity contribution < 1.29 is 0 Å². The van der Waals surface area contributed by atoms with Crippen molar-refractivity contribution >= 4 is 0 Å². The van der Waals surface area contributed by atoms with Crippen molar-refractivity contribution in [3.05, 3.63) is 11.8 Å². The molecule has 1 heterocycles. The molecule has 1 aliphatic heterocycles. The molecule has 0 aromatic rings. The minimum Gasteiger partial charge on any atom is -0.388 e. The number of hydrogen-bond donors (Lipinski definition) is 1. The quantitative estimate of drug-likeness (QED) is 0.555. The second kappa shape index (κ2) is 8.82. The zero-order valence-electron chi connectivity index (χ0n) is 10.4. The Morgan fingerprint density at radius 2 is 1.67 bits per heavy atom. The van der Waals surface area contributed by atoms with E-state index in [0.717, 1.165) is 0 Å². The van der Waals surface area contributed by atoms with E-state index in [-0.39, 0.29) is 0 Å². The van der Waals surface area contributed by atoms with Crippen LogP contribution in [0.4, 0.5) is 0 Å². The molecule has 0 fully saturated rings. The fourth-order valence-electron chi connectivity index (χ4n) is 2.19. The predicted octanol–water partition coefficient (Wildman–Crippen LogP) is 4.39. The first-order valence-electron chi connectivity index (χ1n) is 6.86. The van der Waals surface area contributed by atoms with E-state index in [1.54, 1.807) is 0 Å². The number of hydrogen-bond acceptors (Lipinski definition) is 1. The standard InChI is InChI=1S/C14H27N/c1-2-3-4-5-6-7-8-9-11-14-12-10-13-15-14/h12,15H,2-11,13H2,1H3. The number of unbranched alkanes of at least 4 members (excludes halogenated alkanes) is 7. The van der Waals surface area contributed by atoms with Gasteiger partial charge in [0, 0.05) is 12.2 Å². The second-order valence-corrected chi connectivity index (χ2v) is 4.67. The van der Waals surface area contributed by atoms with Crippen LogP contribution in [-0.4, -0.2) is 6.54 Å². The largest absolute Gasteiger partial charge is 0.388 e. The van der Waals surface area contributed by atoms with Crippen LogP contribution in [0, 0.1) is 0 Å². The van der Waals surface area contributed by atoms with Gasteiger partial charge < -0.3 is 5.32 Å². The molecule has 0 aliphatic carbocycles. The van der Waals surface area contributed by atoms with E-state index in [4.69, 9.17) is 0 Å². The lowest BCUT2D eigenvalue weighted by atomic mass is 10.1. The highest BCUT2D eigenvalue weighted by Gasteiger charge is 2.01. The molecule has 1 nitrogen and oxygen atoms in total. The Labute approximate surface area is 95.3 Å². The van der Waals surface area contributed by atoms with Gasteiger partial charge in [0.1, 0.15) is 0 Å². The smallest absolute Gasteiger partial charge is 0.0179 e. The average molecular weight is 209 g/mol. The molecule has 15 heavy (non-hydrogen) atoms. The minimum absolute atomic E-state index is 1.17. The van der Waals surface area contributed by atoms with Crippen molar-refractivity contribution in [1.29, 1.82) is 0 Å². The molecule has 0 saturated carbocycles. The molecule has 0 amide bonds. The summed E-state index contributed by atoms with van der Waals surface area (Å²) in [6, 6.07) is 0. The van der Waals surface area contributed by atoms with Gasteiger partial charge in [-0.15, -0.1) is 0 Å². The van der Waals surface area contributed by atoms with Crippen LogP contribution in [0.1, 0.15) is 71.1 Å². The van der Waals surface area contributed by atoms with Gasteiger partial charge in [0.25, 0.3) is 0 Å². The lowest BCUT2D eigenvalue weighted by Gasteiger charge is -2.04. The molecule has 0 spiro atoms. The van der Waals surface area contributed by atoms with Crippen molar-refractivity contribution in [2.24, 2.45) is 0 Å². The zero-order valence-corrected chi connectivity index (χ0v) is 10.4. The first kappa shape index (κ1) is 12.6. The first-order valence-corrected chi connectivity index (χ1v) is 6.86. The predicted molar refractivity (Wildman–Crippen MR) is 67.9 cm³/mol. The summed E-state index contributed by atoms with van der Waals surface area (Å²) in [5.41, 5.74) is 1.50. The zero-order chi connectivity index (χ0) is 10.8. The van der Waals surface area contributed by atoms with Crippen molar-refractivity contribution in [2.45, 2.75) is 71.1 Å². The number of rotatable bonds is 9. The molecule has 88 valence electrons. The first-order chi connectivity index (χ1) is 7.43. The van der Waals surface area contributed by atoms with Crippen LogP contribution in [0.25, 0.3) is 0 Å². The van der Waals surface area contributed by atoms with Crippen molar-refractivity contribution in [2.75, 3.05) is 6.54 Å². The van der Waals surface area contributed by atoms with E-state index in [1.807, 2.05) is 0 Å². The Morgan fingerprint density at radius 3 is 2.27 bits per heavy atom. The van der Waals surface area contributed by atoms with Gasteiger partial charge in [0.05, 0.1) is 0 Å². The summed E-state index contributed by atoms with van der Waals surface area (Å²) in [6.07, 6.45) is 16.3. The van der Waals surface area contributed by atoms with E-state index < -0.39 is 0 Å². The Kier molecular flexibility index (Phi) is 7.41. The molecular formula is C14H27N. The van der Waals surface area contributed by atoms with Crippen LogP contribution < -0.4 is 5.32 Å². The van der Waals surface area contributed by atoms with Crippen LogP contribution >= 0.6 is 0 Å². The third-order valence-electron chi connectivity index (χ3n) is 3.19. The summed E-state index contributed by atoms with van der Waals surface area (Å²) in [5.74, 6) is 0. The molecule has 0 aromatic heterocycles. The summed E-state index contributed by atoms with van der Waals surface area (Å²) in [6.45, 7) is 3.45. The van der Waals surface area contributed by atoms with Crippen LogP contribution in [0.5, 0.6) is 0 Å². The maximum absolute atomic E-state index is 3.44. The molecule has 0 saturated heterocycles. The molecule has 0 atom stereocenters. The molecule has 1 aliphatic rings. The third-order valence-corrected chi connectivity index (χ3v) is 3.19. The highest BCUT2D eigenvalue weighted by molar-refractivity contribution is 5.04. The lowest BCUT2D eigenvalue weighted by molar-refractivity contribution is 0.571. The molecule has 0 radical (unpaired) electrons. The van der Waals surface area contributed by atoms with Crippen LogP contribution in [0.3, 0.4) is 0 Å². The monoisotopic (exact) mass is 209 g/mol. The van der Waals surface area contributed by atoms with E-state index in [9.17, 15) is 0 Å². The van der Waals surface area contributed by atoms with E-state index in [2.05, 4.69) is 18.3 Å². The fraction of sp³-hybridized carbons (Fsp3) is 0.857. The van der Waals surface area contributed by atoms with Gasteiger partial charge in [-0.3, -0.25) is 0 Å². The molecule has 1 rings (SSSR count). The third kappa shape index (κ3) is 6.59. The highest BCUT2D eigenvalue weighted by Crippen LogP contribution is 2.13. The Balaban J connectivity index is 1.77. The summed E-state index contributed by atoms with van der Waals surface area (Å²) in [7, 11) is 0. The molecule has 1 N–H and O–H groups in total. The van der Waals surface area contributed by atoms with Crippen molar-refractivity contribution in [1.82, 2.24) is 5.32 Å². The van der Waals surface area contributed by atoms with Gasteiger partial charge >= 0.3 is 0 Å². The average Bonchev–Trinajstić information content (AvgIpc) is 2.75. The molecule has 1 heteroatoms. The van der Waals surface area contributed by atoms with E-state index in [1.165, 1.54) is 76.5 Å². The maximum atomic E-state index is 3.44. The van der Waals surface area contributed by atoms with Crippen molar-refractivity contribution in [3.8, 4) is 0 Å². The number of allylic oxidation sites excluding steroid dienone is 1. The summed E-state index contributed by atoms with van der Waals surface area (Å²) >= 11 is 0. The fourth-order valence-corrected chi connectivity index (χ4v) is 2.19. The lowest BCUT2D eigenvalue weighted by Crippen LogP contribution is -2.06. The Bertz CT molecular complexity index is 172.